The zero-order valence-corrected chi connectivity index (χ0v) is 16.5. The molecule has 0 radical (unpaired) electrons. The number of halogens is 1. The molecule has 152 valence electrons. The first-order valence-corrected chi connectivity index (χ1v) is 9.44. The van der Waals surface area contributed by atoms with Crippen LogP contribution in [-0.4, -0.2) is 32.1 Å². The highest BCUT2D eigenvalue weighted by atomic mass is 19.1. The molecule has 0 saturated carbocycles. The van der Waals surface area contributed by atoms with E-state index in [4.69, 9.17) is 4.74 Å². The van der Waals surface area contributed by atoms with Crippen LogP contribution >= 0.6 is 0 Å². The van der Waals surface area contributed by atoms with Crippen LogP contribution in [0.15, 0.2) is 59.7 Å². The second-order valence-electron chi connectivity index (χ2n) is 6.87. The van der Waals surface area contributed by atoms with Crippen molar-refractivity contribution in [3.8, 4) is 5.69 Å². The lowest BCUT2D eigenvalue weighted by atomic mass is 10.1. The van der Waals surface area contributed by atoms with E-state index in [9.17, 15) is 14.0 Å². The van der Waals surface area contributed by atoms with Gasteiger partial charge in [-0.05, 0) is 44.2 Å². The Morgan fingerprint density at radius 3 is 2.63 bits per heavy atom. The predicted octanol–water partition coefficient (Wildman–Crippen LogP) is 3.25. The monoisotopic (exact) mass is 406 g/mol. The molecule has 0 aliphatic carbocycles. The van der Waals surface area contributed by atoms with E-state index in [2.05, 4.69) is 10.3 Å². The van der Waals surface area contributed by atoms with Gasteiger partial charge in [0.1, 0.15) is 17.1 Å². The smallest absolute Gasteiger partial charge is 0.343 e. The van der Waals surface area contributed by atoms with Crippen molar-refractivity contribution in [1.29, 1.82) is 0 Å². The Morgan fingerprint density at radius 1 is 1.13 bits per heavy atom. The molecular formula is C22H19FN4O3. The van der Waals surface area contributed by atoms with Gasteiger partial charge in [0.2, 0.25) is 5.43 Å². The summed E-state index contributed by atoms with van der Waals surface area (Å²) in [5.74, 6) is -1.30. The fourth-order valence-corrected chi connectivity index (χ4v) is 3.22. The van der Waals surface area contributed by atoms with E-state index < -0.39 is 17.2 Å². The van der Waals surface area contributed by atoms with Crippen LogP contribution in [0.1, 0.15) is 28.5 Å². The highest BCUT2D eigenvalue weighted by molar-refractivity contribution is 5.93. The summed E-state index contributed by atoms with van der Waals surface area (Å²) < 4.78 is 22.1. The van der Waals surface area contributed by atoms with Crippen LogP contribution < -0.4 is 5.43 Å². The molecule has 30 heavy (non-hydrogen) atoms. The highest BCUT2D eigenvalue weighted by Crippen LogP contribution is 2.16. The van der Waals surface area contributed by atoms with E-state index in [1.807, 2.05) is 31.2 Å². The van der Waals surface area contributed by atoms with E-state index in [1.54, 1.807) is 22.4 Å². The maximum absolute atomic E-state index is 13.8. The topological polar surface area (TPSA) is 79.0 Å². The molecule has 2 aromatic heterocycles. The van der Waals surface area contributed by atoms with Crippen molar-refractivity contribution < 1.29 is 13.9 Å². The van der Waals surface area contributed by atoms with Gasteiger partial charge >= 0.3 is 5.97 Å². The summed E-state index contributed by atoms with van der Waals surface area (Å²) >= 11 is 0. The number of hydrogen-bond donors (Lipinski definition) is 0. The Hall–Kier alpha value is -3.81. The largest absolute Gasteiger partial charge is 0.462 e. The first kappa shape index (κ1) is 19.5. The first-order valence-electron chi connectivity index (χ1n) is 9.44. The minimum absolute atomic E-state index is 0.103. The Kier molecular flexibility index (Phi) is 5.14. The lowest BCUT2D eigenvalue weighted by Crippen LogP contribution is -2.21. The molecule has 0 N–H and O–H groups in total. The van der Waals surface area contributed by atoms with Crippen LogP contribution in [-0.2, 0) is 11.3 Å². The van der Waals surface area contributed by atoms with E-state index in [1.165, 1.54) is 18.3 Å². The predicted molar refractivity (Wildman–Crippen MR) is 109 cm³/mol. The molecule has 0 bridgehead atoms. The van der Waals surface area contributed by atoms with Gasteiger partial charge in [-0.3, -0.25) is 4.79 Å². The lowest BCUT2D eigenvalue weighted by Gasteiger charge is -2.12. The summed E-state index contributed by atoms with van der Waals surface area (Å²) in [5.41, 5.74) is 2.37. The number of pyridine rings is 1. The summed E-state index contributed by atoms with van der Waals surface area (Å²) in [6.45, 7) is 4.02. The zero-order chi connectivity index (χ0) is 21.3. The van der Waals surface area contributed by atoms with Gasteiger partial charge in [-0.2, -0.15) is 0 Å². The number of ether oxygens (including phenoxy) is 1. The zero-order valence-electron chi connectivity index (χ0n) is 16.5. The molecule has 0 aliphatic heterocycles. The van der Waals surface area contributed by atoms with Crippen LogP contribution in [0.4, 0.5) is 4.39 Å². The lowest BCUT2D eigenvalue weighted by molar-refractivity contribution is 0.0524. The third-order valence-electron chi connectivity index (χ3n) is 4.71. The molecule has 2 heterocycles. The fourth-order valence-electron chi connectivity index (χ4n) is 3.22. The van der Waals surface area contributed by atoms with Gasteiger partial charge in [0, 0.05) is 11.6 Å². The second kappa shape index (κ2) is 7.90. The van der Waals surface area contributed by atoms with Crippen molar-refractivity contribution in [2.24, 2.45) is 0 Å². The van der Waals surface area contributed by atoms with Crippen molar-refractivity contribution in [3.05, 3.63) is 87.7 Å². The van der Waals surface area contributed by atoms with Gasteiger partial charge in [0.15, 0.2) is 0 Å². The number of nitrogens with zero attached hydrogens (tertiary/aromatic N) is 4. The molecule has 0 aliphatic rings. The number of fused-ring (bicyclic) bond motifs is 1. The minimum atomic E-state index is -0.745. The molecule has 2 aromatic carbocycles. The molecule has 0 saturated heterocycles. The average molecular weight is 406 g/mol. The molecule has 0 spiro atoms. The number of hydrogen-bond acceptors (Lipinski definition) is 5. The summed E-state index contributed by atoms with van der Waals surface area (Å²) in [7, 11) is 0. The number of rotatable bonds is 5. The number of esters is 1. The van der Waals surface area contributed by atoms with Crippen molar-refractivity contribution in [2.75, 3.05) is 6.61 Å². The molecule has 0 unspecified atom stereocenters. The number of carbonyl (C=O) groups is 1. The van der Waals surface area contributed by atoms with E-state index in [0.717, 1.165) is 17.3 Å². The third kappa shape index (κ3) is 3.71. The minimum Gasteiger partial charge on any atom is -0.462 e. The summed E-state index contributed by atoms with van der Waals surface area (Å²) in [6.07, 6.45) is 3.19. The SMILES string of the molecule is CCOC(=O)c1cn(Cc2cn(-c3ccc(C)cc3)nn2)c2ccc(F)cc2c1=O. The maximum atomic E-state index is 13.8. The Labute approximate surface area is 171 Å². The van der Waals surface area contributed by atoms with Crippen LogP contribution in [0.25, 0.3) is 16.6 Å². The standard InChI is InChI=1S/C22H19FN4O3/c1-3-30-22(29)19-13-26(20-9-6-15(23)10-18(20)21(19)28)11-16-12-27(25-24-16)17-7-4-14(2)5-8-17/h4-10,12-13H,3,11H2,1-2H3. The summed E-state index contributed by atoms with van der Waals surface area (Å²) in [5, 5.41) is 8.45. The van der Waals surface area contributed by atoms with E-state index in [0.29, 0.717) is 11.2 Å². The van der Waals surface area contributed by atoms with Crippen molar-refractivity contribution >= 4 is 16.9 Å². The Bertz CT molecular complexity index is 1290. The van der Waals surface area contributed by atoms with Gasteiger partial charge in [-0.1, -0.05) is 22.9 Å². The Balaban J connectivity index is 1.77. The average Bonchev–Trinajstić information content (AvgIpc) is 3.19. The van der Waals surface area contributed by atoms with Crippen LogP contribution in [0, 0.1) is 12.7 Å². The molecule has 0 amide bonds. The van der Waals surface area contributed by atoms with E-state index in [-0.39, 0.29) is 24.1 Å². The maximum Gasteiger partial charge on any atom is 0.343 e. The first-order chi connectivity index (χ1) is 14.5. The molecule has 4 rings (SSSR count). The van der Waals surface area contributed by atoms with Gasteiger partial charge in [0.25, 0.3) is 0 Å². The van der Waals surface area contributed by atoms with Gasteiger partial charge in [0.05, 0.1) is 30.6 Å². The number of aromatic nitrogens is 4. The molecule has 0 fully saturated rings. The van der Waals surface area contributed by atoms with Gasteiger partial charge in [-0.25, -0.2) is 13.9 Å². The Morgan fingerprint density at radius 2 is 1.90 bits per heavy atom. The molecule has 0 atom stereocenters. The third-order valence-corrected chi connectivity index (χ3v) is 4.71. The van der Waals surface area contributed by atoms with Crippen molar-refractivity contribution in [3.63, 3.8) is 0 Å². The van der Waals surface area contributed by atoms with Crippen molar-refractivity contribution in [2.45, 2.75) is 20.4 Å². The molecule has 7 nitrogen and oxygen atoms in total. The van der Waals surface area contributed by atoms with Crippen molar-refractivity contribution in [1.82, 2.24) is 19.6 Å². The van der Waals surface area contributed by atoms with Gasteiger partial charge < -0.3 is 9.30 Å². The van der Waals surface area contributed by atoms with E-state index >= 15 is 0 Å². The number of carbonyl (C=O) groups excluding carboxylic acids is 1. The number of aryl methyl sites for hydroxylation is 1. The molecule has 8 heteroatoms. The normalized spacial score (nSPS) is 11.0. The second-order valence-corrected chi connectivity index (χ2v) is 6.87. The van der Waals surface area contributed by atoms with Crippen LogP contribution in [0.5, 0.6) is 0 Å². The summed E-state index contributed by atoms with van der Waals surface area (Å²) in [6, 6.07) is 11.7. The van der Waals surface area contributed by atoms with Crippen LogP contribution in [0.3, 0.4) is 0 Å². The highest BCUT2D eigenvalue weighted by Gasteiger charge is 2.18. The fraction of sp³-hybridized carbons (Fsp3) is 0.182. The quantitative estimate of drug-likeness (QED) is 0.476. The molecular weight excluding hydrogens is 387 g/mol. The van der Waals surface area contributed by atoms with Crippen LogP contribution in [0.2, 0.25) is 0 Å². The molecule has 4 aromatic rings. The number of benzene rings is 2. The summed E-state index contributed by atoms with van der Waals surface area (Å²) in [4.78, 5) is 25.0. The van der Waals surface area contributed by atoms with Gasteiger partial charge in [-0.15, -0.1) is 5.10 Å².